The fourth-order valence-electron chi connectivity index (χ4n) is 15.4. The number of ketones is 5. The van der Waals surface area contributed by atoms with Gasteiger partial charge in [0.2, 0.25) is 5.91 Å². The van der Waals surface area contributed by atoms with E-state index in [1.54, 1.807) is 32.0 Å². The van der Waals surface area contributed by atoms with Gasteiger partial charge >= 0.3 is 0 Å². The van der Waals surface area contributed by atoms with Crippen LogP contribution in [0.1, 0.15) is 181 Å². The van der Waals surface area contributed by atoms with Crippen LogP contribution in [0.3, 0.4) is 0 Å². The minimum absolute atomic E-state index is 0.0281. The predicted octanol–water partition coefficient (Wildman–Crippen LogP) is 17.5. The third-order valence-corrected chi connectivity index (χ3v) is 24.8. The van der Waals surface area contributed by atoms with Crippen LogP contribution >= 0.6 is 36.7 Å². The van der Waals surface area contributed by atoms with Crippen LogP contribution in [0.15, 0.2) is 253 Å². The molecule has 0 bridgehead atoms. The van der Waals surface area contributed by atoms with Gasteiger partial charge in [-0.1, -0.05) is 184 Å². The smallest absolute Gasteiger partial charge is 0.274 e. The van der Waals surface area contributed by atoms with Gasteiger partial charge in [-0.05, 0) is 267 Å². The quantitative estimate of drug-likeness (QED) is 0.0167. The van der Waals surface area contributed by atoms with E-state index in [1.165, 1.54) is 27.8 Å². The summed E-state index contributed by atoms with van der Waals surface area (Å²) in [7, 11) is 8.49. The first-order valence-corrected chi connectivity index (χ1v) is 49.5. The number of nitrogens with one attached hydrogen (secondary N) is 8. The van der Waals surface area contributed by atoms with Gasteiger partial charge in [-0.2, -0.15) is 0 Å². The Balaban J connectivity index is 0.000000175. The molecular formula is C116H126N10O18S3. The molecule has 28 nitrogen and oxygen atoms in total. The summed E-state index contributed by atoms with van der Waals surface area (Å²) in [5, 5.41) is 23.7. The number of Topliss-reactive ketones (excluding diaryl/α,β-unsaturated/α-hetero) is 5. The van der Waals surface area contributed by atoms with Gasteiger partial charge in [-0.3, -0.25) is 63.9 Å². The Morgan fingerprint density at radius 2 is 0.537 bits per heavy atom. The zero-order valence-corrected chi connectivity index (χ0v) is 87.7. The van der Waals surface area contributed by atoms with E-state index >= 15 is 0 Å². The lowest BCUT2D eigenvalue weighted by Crippen LogP contribution is -2.42. The number of rotatable bonds is 38. The highest BCUT2D eigenvalue weighted by atomic mass is 32.1. The summed E-state index contributed by atoms with van der Waals surface area (Å²) < 4.78 is 46.8. The molecule has 0 spiro atoms. The van der Waals surface area contributed by atoms with Crippen LogP contribution in [0.5, 0.6) is 46.0 Å². The lowest BCUT2D eigenvalue weighted by Gasteiger charge is -2.11. The molecule has 10 aromatic carbocycles. The van der Waals surface area contributed by atoms with Gasteiger partial charge in [0.05, 0.1) is 54.1 Å². The molecule has 0 saturated carbocycles. The van der Waals surface area contributed by atoms with E-state index < -0.39 is 0 Å². The van der Waals surface area contributed by atoms with Crippen molar-refractivity contribution < 1.29 is 85.8 Å². The second-order valence-electron chi connectivity index (χ2n) is 36.6. The van der Waals surface area contributed by atoms with E-state index in [0.29, 0.717) is 106 Å². The molecule has 2 heterocycles. The molecule has 0 aliphatic heterocycles. The molecule has 12 aromatic rings. The maximum Gasteiger partial charge on any atom is 0.274 e. The minimum atomic E-state index is -0.333. The van der Waals surface area contributed by atoms with Gasteiger partial charge < -0.3 is 73.6 Å². The van der Waals surface area contributed by atoms with E-state index in [1.807, 2.05) is 267 Å². The van der Waals surface area contributed by atoms with Gasteiger partial charge in [0.25, 0.3) is 23.6 Å². The molecule has 8 N–H and O–H groups in total. The number of nitrogens with zero attached hydrogens (tertiary/aromatic N) is 2. The van der Waals surface area contributed by atoms with Gasteiger partial charge in [-0.25, -0.2) is 0 Å². The number of aromatic nitrogens is 2. The highest BCUT2D eigenvalue weighted by Gasteiger charge is 2.26. The molecule has 147 heavy (non-hydrogen) atoms. The summed E-state index contributed by atoms with van der Waals surface area (Å²) in [6.45, 7) is 20.6. The summed E-state index contributed by atoms with van der Waals surface area (Å²) in [6, 6.07) is 74.6. The Kier molecular flexibility index (Phi) is 41.6. The molecule has 3 aliphatic carbocycles. The average Bonchev–Trinajstić information content (AvgIpc) is 1.66. The van der Waals surface area contributed by atoms with Crippen LogP contribution in [0.4, 0.5) is 0 Å². The van der Waals surface area contributed by atoms with Crippen LogP contribution in [0.25, 0.3) is 40.0 Å². The molecule has 2 aromatic heterocycles. The number of amides is 5. The highest BCUT2D eigenvalue weighted by molar-refractivity contribution is 7.80. The molecule has 0 radical (unpaired) electrons. The Morgan fingerprint density at radius 1 is 0.279 bits per heavy atom. The molecular weight excluding hydrogens is 1920 g/mol. The van der Waals surface area contributed by atoms with Gasteiger partial charge in [0.15, 0.2) is 44.3 Å². The number of hydrogen-bond acceptors (Lipinski definition) is 21. The standard InChI is InChI=1S/2C24H26N2O4S.C23H25N3O3S.C23H25NO4.C22H24N2O3/c2*1-15(2)16-4-7-21(8-5-16)30-14-20(27)13-25-24(31)26-23(28)19-10-17-6-9-22(29-3)12-18(17)11-19;1-15(2)16-8-10-19(11-9-16)29-14-18(27)13-24-23(30)25-22(28)21-12-17-6-4-5-7-20(17)26(21)3;1-15(2)16-4-7-21(8-5-16)28-14-20(25)13-24-23(26)19-10-17-6-9-22(27-3)12-18(17)11-19;1-15(2)16-8-10-19(11-9-16)27-14-18(25)13-23-22(26)21-12-17-6-4-5-7-20(17)24(21)3/h4-9,11-12,15H,10,13-14H2,1-3H3,(H2,25,26,28,31);4-10,12,15H,11,13-14H2,1-3H3,(H2,25,26,28,31);4-12,15H,13-14H2,1-3H3,(H2,24,25,28,30);4-10,12,15H,11,13-14H2,1-3H3,(H,24,26);4-12,15H,13-14H2,1-3H3,(H,23,26). The van der Waals surface area contributed by atoms with Crippen molar-refractivity contribution in [3.05, 3.63) is 326 Å². The number of ether oxygens (including phenoxy) is 8. The van der Waals surface area contributed by atoms with Crippen LogP contribution in [0, 0.1) is 0 Å². The number of hydrogen-bond donors (Lipinski definition) is 8. The van der Waals surface area contributed by atoms with E-state index in [9.17, 15) is 47.9 Å². The van der Waals surface area contributed by atoms with Crippen molar-refractivity contribution in [3.8, 4) is 46.0 Å². The third kappa shape index (κ3) is 33.9. The maximum absolute atomic E-state index is 12.5. The maximum atomic E-state index is 12.5. The minimum Gasteiger partial charge on any atom is -0.497 e. The van der Waals surface area contributed by atoms with Gasteiger partial charge in [0.1, 0.15) is 90.4 Å². The SMILES string of the molecule is CC(C)c1ccc(OCC(=O)CNC(=O)c2cc3ccccc3n2C)cc1.CC(C)c1ccc(OCC(=O)CNC(=S)NC(=O)c2cc3ccccc3n2C)cc1.COc1ccc2c(c1)C=C(C(=O)NC(=S)NCC(=O)COc1ccc(C(C)C)cc1)C2.COc1ccc2c(c1)CC(C(=O)NC(=S)NCC(=O)COc1ccc(C(C)C)cc1)=C2.COc1ccc2c(c1)CC(C(=O)NCC(=O)COc1ccc(C(C)C)cc1)=C2. The van der Waals surface area contributed by atoms with Crippen molar-refractivity contribution in [1.82, 2.24) is 51.7 Å². The molecule has 0 saturated heterocycles. The second kappa shape index (κ2) is 54.8. The van der Waals surface area contributed by atoms with E-state index in [4.69, 9.17) is 74.5 Å². The average molecular weight is 2040 g/mol. The fourth-order valence-corrected chi connectivity index (χ4v) is 15.9. The van der Waals surface area contributed by atoms with E-state index in [0.717, 1.165) is 72.4 Å². The molecule has 3 aliphatic rings. The third-order valence-electron chi connectivity index (χ3n) is 24.1. The van der Waals surface area contributed by atoms with Crippen LogP contribution < -0.4 is 80.4 Å². The number of methoxy groups -OCH3 is 3. The predicted molar refractivity (Wildman–Crippen MR) is 586 cm³/mol. The Hall–Kier alpha value is -15.7. The van der Waals surface area contributed by atoms with Crippen LogP contribution in [0.2, 0.25) is 0 Å². The summed E-state index contributed by atoms with van der Waals surface area (Å²) >= 11 is 15.4. The largest absolute Gasteiger partial charge is 0.497 e. The zero-order chi connectivity index (χ0) is 106. The van der Waals surface area contributed by atoms with Crippen molar-refractivity contribution >= 4 is 150 Å². The van der Waals surface area contributed by atoms with E-state index in [2.05, 4.69) is 112 Å². The summed E-state index contributed by atoms with van der Waals surface area (Å²) in [6.07, 6.45) is 7.06. The summed E-state index contributed by atoms with van der Waals surface area (Å²) in [5.74, 6) is 5.36. The number of benzene rings is 10. The van der Waals surface area contributed by atoms with Crippen molar-refractivity contribution in [2.45, 2.75) is 118 Å². The van der Waals surface area contributed by atoms with Crippen molar-refractivity contribution in [1.29, 1.82) is 0 Å². The number of thiocarbonyl (C=S) groups is 3. The fraction of sp³-hybridized carbons (Fsp3) is 0.284. The number of aryl methyl sites for hydroxylation is 2. The Morgan fingerprint density at radius 3 is 0.850 bits per heavy atom. The molecule has 766 valence electrons. The molecule has 5 amide bonds. The van der Waals surface area contributed by atoms with Crippen LogP contribution in [-0.2, 0) is 71.7 Å². The van der Waals surface area contributed by atoms with Gasteiger partial charge in [-0.15, -0.1) is 0 Å². The molecule has 31 heteroatoms. The Labute approximate surface area is 873 Å². The van der Waals surface area contributed by atoms with Crippen LogP contribution in [-0.4, -0.2) is 170 Å². The van der Waals surface area contributed by atoms with Crippen molar-refractivity contribution in [3.63, 3.8) is 0 Å². The number of fused-ring (bicyclic) bond motifs is 5. The first-order chi connectivity index (χ1) is 70.5. The molecule has 0 unspecified atom stereocenters. The second-order valence-corrected chi connectivity index (χ2v) is 37.8. The lowest BCUT2D eigenvalue weighted by molar-refractivity contribution is -0.124. The monoisotopic (exact) mass is 2040 g/mol. The topological polar surface area (TPSA) is 351 Å². The summed E-state index contributed by atoms with van der Waals surface area (Å²) in [4.78, 5) is 122. The number of carbonyl (C=O) groups excluding carboxylic acids is 10. The van der Waals surface area contributed by atoms with Gasteiger partial charge in [0, 0.05) is 71.9 Å². The van der Waals surface area contributed by atoms with Crippen molar-refractivity contribution in [2.75, 3.05) is 87.1 Å². The lowest BCUT2D eigenvalue weighted by atomic mass is 10.0. The van der Waals surface area contributed by atoms with Crippen molar-refractivity contribution in [2.24, 2.45) is 14.1 Å². The number of carbonyl (C=O) groups is 10. The first-order valence-electron chi connectivity index (χ1n) is 48.2. The molecule has 15 rings (SSSR count). The van der Waals surface area contributed by atoms with E-state index in [-0.39, 0.29) is 140 Å². The number of para-hydroxylation sites is 2. The molecule has 0 atom stereocenters. The normalized spacial score (nSPS) is 11.7. The first kappa shape index (κ1) is 112. The Bertz CT molecular complexity index is 6840. The highest BCUT2D eigenvalue weighted by Crippen LogP contribution is 2.34. The molecule has 0 fully saturated rings. The summed E-state index contributed by atoms with van der Waals surface area (Å²) in [5.41, 5.74) is 16.9. The zero-order valence-electron chi connectivity index (χ0n) is 85.3.